The first-order chi connectivity index (χ1) is 13.5. The van der Waals surface area contributed by atoms with Gasteiger partial charge in [-0.3, -0.25) is 4.79 Å². The van der Waals surface area contributed by atoms with Crippen LogP contribution in [-0.4, -0.2) is 30.8 Å². The third-order valence-corrected chi connectivity index (χ3v) is 3.43. The Bertz CT molecular complexity index is 819. The Kier molecular flexibility index (Phi) is 6.96. The molecule has 0 aliphatic carbocycles. The quantitative estimate of drug-likeness (QED) is 0.658. The largest absolute Gasteiger partial charge is 0.487 e. The molecule has 0 aliphatic heterocycles. The second kappa shape index (κ2) is 9.03. The van der Waals surface area contributed by atoms with E-state index in [9.17, 15) is 31.1 Å². The first kappa shape index (κ1) is 22.3. The summed E-state index contributed by atoms with van der Waals surface area (Å²) in [6.07, 6.45) is -10.1. The number of para-hydroxylation sites is 2. The number of alkyl halides is 6. The van der Waals surface area contributed by atoms with Crippen LogP contribution in [0.4, 0.5) is 32.0 Å². The first-order valence-corrected chi connectivity index (χ1v) is 8.05. The first-order valence-electron chi connectivity index (χ1n) is 8.05. The average Bonchev–Trinajstić information content (AvgIpc) is 2.63. The summed E-state index contributed by atoms with van der Waals surface area (Å²) in [5.74, 6) is -0.668. The van der Waals surface area contributed by atoms with Crippen LogP contribution < -0.4 is 14.8 Å². The molecule has 5 nitrogen and oxygen atoms in total. The third-order valence-electron chi connectivity index (χ3n) is 3.43. The predicted molar refractivity (Wildman–Crippen MR) is 89.6 cm³/mol. The molecule has 158 valence electrons. The third kappa shape index (κ3) is 6.56. The SMILES string of the molecule is O=C(COc1ccccc1OCCO)Nc1cc(C(F)(F)F)cc(C(F)(F)F)c1. The topological polar surface area (TPSA) is 67.8 Å². The van der Waals surface area contributed by atoms with E-state index in [0.29, 0.717) is 12.1 Å². The van der Waals surface area contributed by atoms with Crippen LogP contribution in [0.25, 0.3) is 0 Å². The van der Waals surface area contributed by atoms with Crippen molar-refractivity contribution in [3.63, 3.8) is 0 Å². The van der Waals surface area contributed by atoms with Gasteiger partial charge in [-0.1, -0.05) is 12.1 Å². The summed E-state index contributed by atoms with van der Waals surface area (Å²) < 4.78 is 87.5. The minimum absolute atomic E-state index is 0.0408. The Labute approximate surface area is 160 Å². The second-order valence-corrected chi connectivity index (χ2v) is 5.65. The number of aliphatic hydroxyl groups excluding tert-OH is 1. The molecule has 0 atom stereocenters. The molecule has 0 aromatic heterocycles. The number of benzene rings is 2. The van der Waals surface area contributed by atoms with Crippen molar-refractivity contribution >= 4 is 11.6 Å². The van der Waals surface area contributed by atoms with Crippen molar-refractivity contribution in [3.8, 4) is 11.5 Å². The molecule has 0 radical (unpaired) electrons. The van der Waals surface area contributed by atoms with Crippen LogP contribution in [0, 0.1) is 0 Å². The zero-order chi connectivity index (χ0) is 21.7. The van der Waals surface area contributed by atoms with Crippen LogP contribution in [0.5, 0.6) is 11.5 Å². The maximum Gasteiger partial charge on any atom is 0.416 e. The lowest BCUT2D eigenvalue weighted by Crippen LogP contribution is -2.21. The number of carbonyl (C=O) groups excluding carboxylic acids is 1. The molecule has 29 heavy (non-hydrogen) atoms. The summed E-state index contributed by atoms with van der Waals surface area (Å²) >= 11 is 0. The molecule has 2 rings (SSSR count). The Balaban J connectivity index is 2.13. The van der Waals surface area contributed by atoms with E-state index in [1.54, 1.807) is 12.1 Å². The zero-order valence-corrected chi connectivity index (χ0v) is 14.6. The van der Waals surface area contributed by atoms with E-state index in [-0.39, 0.29) is 30.8 Å². The van der Waals surface area contributed by atoms with E-state index in [2.05, 4.69) is 0 Å². The van der Waals surface area contributed by atoms with Crippen LogP contribution in [0.15, 0.2) is 42.5 Å². The number of halogens is 6. The van der Waals surface area contributed by atoms with Crippen LogP contribution in [0.2, 0.25) is 0 Å². The molecule has 1 amide bonds. The number of anilines is 1. The van der Waals surface area contributed by atoms with Gasteiger partial charge in [0.25, 0.3) is 5.91 Å². The van der Waals surface area contributed by atoms with Crippen molar-refractivity contribution in [2.24, 2.45) is 0 Å². The van der Waals surface area contributed by atoms with Gasteiger partial charge in [0.15, 0.2) is 18.1 Å². The van der Waals surface area contributed by atoms with Gasteiger partial charge in [-0.25, -0.2) is 0 Å². The highest BCUT2D eigenvalue weighted by atomic mass is 19.4. The second-order valence-electron chi connectivity index (χ2n) is 5.65. The normalized spacial score (nSPS) is 11.8. The fourth-order valence-corrected chi connectivity index (χ4v) is 2.21. The fraction of sp³-hybridized carbons (Fsp3) is 0.278. The summed E-state index contributed by atoms with van der Waals surface area (Å²) in [5, 5.41) is 10.7. The van der Waals surface area contributed by atoms with Gasteiger partial charge in [-0.05, 0) is 30.3 Å². The molecule has 0 heterocycles. The van der Waals surface area contributed by atoms with Gasteiger partial charge in [0.05, 0.1) is 17.7 Å². The number of hydrogen-bond acceptors (Lipinski definition) is 4. The summed E-state index contributed by atoms with van der Waals surface area (Å²) in [6, 6.07) is 6.83. The monoisotopic (exact) mass is 423 g/mol. The molecule has 2 aromatic carbocycles. The van der Waals surface area contributed by atoms with E-state index in [1.165, 1.54) is 12.1 Å². The summed E-state index contributed by atoms with van der Waals surface area (Å²) in [5.41, 5.74) is -3.77. The van der Waals surface area contributed by atoms with Crippen molar-refractivity contribution in [1.82, 2.24) is 0 Å². The summed E-state index contributed by atoms with van der Waals surface area (Å²) in [6.45, 7) is -1.01. The van der Waals surface area contributed by atoms with Gasteiger partial charge in [-0.2, -0.15) is 26.3 Å². The van der Waals surface area contributed by atoms with Gasteiger partial charge >= 0.3 is 12.4 Å². The molecule has 0 saturated carbocycles. The Hall–Kier alpha value is -2.95. The lowest BCUT2D eigenvalue weighted by molar-refractivity contribution is -0.143. The standard InChI is InChI=1S/C18H15F6NO4/c19-17(20,21)11-7-12(18(22,23)24)9-13(8-11)25-16(27)10-29-15-4-2-1-3-14(15)28-6-5-26/h1-4,7-9,26H,5-6,10H2,(H,25,27). The van der Waals surface area contributed by atoms with Gasteiger partial charge in [-0.15, -0.1) is 0 Å². The van der Waals surface area contributed by atoms with Crippen molar-refractivity contribution in [1.29, 1.82) is 0 Å². The van der Waals surface area contributed by atoms with Gasteiger partial charge in [0.2, 0.25) is 0 Å². The molecule has 2 N–H and O–H groups in total. The van der Waals surface area contributed by atoms with Gasteiger partial charge in [0.1, 0.15) is 6.61 Å². The maximum atomic E-state index is 12.9. The van der Waals surface area contributed by atoms with Crippen molar-refractivity contribution in [2.45, 2.75) is 12.4 Å². The van der Waals surface area contributed by atoms with Crippen LogP contribution in [0.3, 0.4) is 0 Å². The highest BCUT2D eigenvalue weighted by Crippen LogP contribution is 2.37. The molecule has 0 fully saturated rings. The van der Waals surface area contributed by atoms with Crippen molar-refractivity contribution in [2.75, 3.05) is 25.1 Å². The van der Waals surface area contributed by atoms with Crippen LogP contribution >= 0.6 is 0 Å². The van der Waals surface area contributed by atoms with E-state index in [4.69, 9.17) is 14.6 Å². The van der Waals surface area contributed by atoms with Gasteiger partial charge < -0.3 is 19.9 Å². The molecule has 11 heteroatoms. The molecule has 0 bridgehead atoms. The molecular formula is C18H15F6NO4. The van der Waals surface area contributed by atoms with E-state index >= 15 is 0 Å². The van der Waals surface area contributed by atoms with Crippen LogP contribution in [-0.2, 0) is 17.1 Å². The number of carbonyl (C=O) groups is 1. The average molecular weight is 423 g/mol. The minimum atomic E-state index is -5.03. The van der Waals surface area contributed by atoms with Crippen molar-refractivity contribution < 1.29 is 45.7 Å². The summed E-state index contributed by atoms with van der Waals surface area (Å²) in [7, 11) is 0. The molecule has 0 spiro atoms. The molecular weight excluding hydrogens is 408 g/mol. The van der Waals surface area contributed by atoms with Crippen LogP contribution in [0.1, 0.15) is 11.1 Å². The smallest absolute Gasteiger partial charge is 0.416 e. The Morgan fingerprint density at radius 3 is 1.90 bits per heavy atom. The van der Waals surface area contributed by atoms with Gasteiger partial charge in [0, 0.05) is 5.69 Å². The lowest BCUT2D eigenvalue weighted by Gasteiger charge is -2.15. The number of amides is 1. The molecule has 2 aromatic rings. The van der Waals surface area contributed by atoms with E-state index in [0.717, 1.165) is 0 Å². The zero-order valence-electron chi connectivity index (χ0n) is 14.6. The number of aliphatic hydroxyl groups is 1. The lowest BCUT2D eigenvalue weighted by atomic mass is 10.1. The highest BCUT2D eigenvalue weighted by Gasteiger charge is 2.37. The molecule has 0 unspecified atom stereocenters. The minimum Gasteiger partial charge on any atom is -0.487 e. The molecule has 0 saturated heterocycles. The number of ether oxygens (including phenoxy) is 2. The Morgan fingerprint density at radius 2 is 1.41 bits per heavy atom. The van der Waals surface area contributed by atoms with Crippen molar-refractivity contribution in [3.05, 3.63) is 53.6 Å². The predicted octanol–water partition coefficient (Wildman–Crippen LogP) is 4.11. The number of rotatable bonds is 7. The maximum absolute atomic E-state index is 12.9. The molecule has 0 aliphatic rings. The fourth-order valence-electron chi connectivity index (χ4n) is 2.21. The highest BCUT2D eigenvalue weighted by molar-refractivity contribution is 5.92. The van der Waals surface area contributed by atoms with E-state index < -0.39 is 41.7 Å². The number of hydrogen-bond donors (Lipinski definition) is 2. The number of nitrogens with one attached hydrogen (secondary N) is 1. The van der Waals surface area contributed by atoms with E-state index in [1.807, 2.05) is 5.32 Å². The summed E-state index contributed by atoms with van der Waals surface area (Å²) in [4.78, 5) is 12.0. The Morgan fingerprint density at radius 1 is 0.897 bits per heavy atom.